The minimum atomic E-state index is -1.87. The second-order valence-electron chi connectivity index (χ2n) is 4.01. The summed E-state index contributed by atoms with van der Waals surface area (Å²) in [5.41, 5.74) is -2.55. The minimum absolute atomic E-state index is 0.0544. The molecule has 0 spiro atoms. The van der Waals surface area contributed by atoms with E-state index in [1.165, 1.54) is 0 Å². The Morgan fingerprint density at radius 1 is 1.54 bits per heavy atom. The van der Waals surface area contributed by atoms with Crippen molar-refractivity contribution in [3.63, 3.8) is 0 Å². The average Bonchev–Trinajstić information content (AvgIpc) is 2.28. The van der Waals surface area contributed by atoms with Crippen molar-refractivity contribution in [1.82, 2.24) is 5.32 Å². The van der Waals surface area contributed by atoms with Crippen LogP contribution < -0.4 is 5.32 Å². The zero-order chi connectivity index (χ0) is 10.1. The van der Waals surface area contributed by atoms with E-state index in [1.807, 2.05) is 0 Å². The largest absolute Gasteiger partial charge is 0.464 e. The van der Waals surface area contributed by atoms with E-state index in [9.17, 15) is 9.18 Å². The third kappa shape index (κ3) is 1.55. The van der Waals surface area contributed by atoms with Gasteiger partial charge in [0.15, 0.2) is 0 Å². The van der Waals surface area contributed by atoms with E-state index in [0.29, 0.717) is 6.54 Å². The lowest BCUT2D eigenvalue weighted by atomic mass is 9.79. The van der Waals surface area contributed by atoms with E-state index in [1.54, 1.807) is 20.8 Å². The summed E-state index contributed by atoms with van der Waals surface area (Å²) in [5.74, 6) is -0.745. The summed E-state index contributed by atoms with van der Waals surface area (Å²) < 4.78 is 18.8. The highest BCUT2D eigenvalue weighted by Crippen LogP contribution is 2.38. The van der Waals surface area contributed by atoms with Gasteiger partial charge in [0, 0.05) is 18.5 Å². The molecule has 0 aromatic carbocycles. The van der Waals surface area contributed by atoms with Crippen LogP contribution in [-0.4, -0.2) is 31.3 Å². The first-order valence-corrected chi connectivity index (χ1v) is 4.51. The van der Waals surface area contributed by atoms with Crippen molar-refractivity contribution in [3.05, 3.63) is 0 Å². The maximum atomic E-state index is 14.1. The number of esters is 1. The number of carbonyl (C=O) groups is 1. The Labute approximate surface area is 77.6 Å². The molecular weight excluding hydrogens is 173 g/mol. The van der Waals surface area contributed by atoms with Crippen molar-refractivity contribution < 1.29 is 13.9 Å². The number of halogens is 1. The van der Waals surface area contributed by atoms with Crippen molar-refractivity contribution in [2.75, 3.05) is 19.7 Å². The lowest BCUT2D eigenvalue weighted by Crippen LogP contribution is -2.48. The van der Waals surface area contributed by atoms with E-state index in [4.69, 9.17) is 4.74 Å². The van der Waals surface area contributed by atoms with Crippen LogP contribution in [0.15, 0.2) is 0 Å². The molecule has 0 radical (unpaired) electrons. The summed E-state index contributed by atoms with van der Waals surface area (Å²) in [6.07, 6.45) is 0. The second-order valence-corrected chi connectivity index (χ2v) is 4.01. The number of hydrogen-bond donors (Lipinski definition) is 1. The molecule has 4 heteroatoms. The van der Waals surface area contributed by atoms with Gasteiger partial charge in [-0.1, -0.05) is 13.8 Å². The number of ether oxygens (including phenoxy) is 1. The number of alkyl halides is 1. The molecule has 1 aliphatic heterocycles. The van der Waals surface area contributed by atoms with E-state index in [-0.39, 0.29) is 13.2 Å². The summed E-state index contributed by atoms with van der Waals surface area (Å²) in [5, 5.41) is 2.87. The highest BCUT2D eigenvalue weighted by Gasteiger charge is 2.56. The predicted octanol–water partition coefficient (Wildman–Crippen LogP) is 0.887. The topological polar surface area (TPSA) is 38.3 Å². The molecule has 0 aliphatic carbocycles. The monoisotopic (exact) mass is 189 g/mol. The average molecular weight is 189 g/mol. The van der Waals surface area contributed by atoms with Crippen LogP contribution in [0.25, 0.3) is 0 Å². The molecule has 3 nitrogen and oxygen atoms in total. The highest BCUT2D eigenvalue weighted by atomic mass is 19.1. The first-order chi connectivity index (χ1) is 5.94. The lowest BCUT2D eigenvalue weighted by Gasteiger charge is -2.30. The minimum Gasteiger partial charge on any atom is -0.464 e. The van der Waals surface area contributed by atoms with Crippen molar-refractivity contribution in [2.45, 2.75) is 26.4 Å². The molecule has 1 aliphatic rings. The fraction of sp³-hybridized carbons (Fsp3) is 0.889. The standard InChI is InChI=1S/C9H16FNO2/c1-4-13-7(12)9(10)6-11-5-8(9,2)3/h11H,4-6H2,1-3H3. The van der Waals surface area contributed by atoms with Crippen LogP contribution in [0, 0.1) is 5.41 Å². The molecule has 0 amide bonds. The van der Waals surface area contributed by atoms with Gasteiger partial charge in [0.25, 0.3) is 0 Å². The Kier molecular flexibility index (Phi) is 2.61. The van der Waals surface area contributed by atoms with Crippen LogP contribution in [0.2, 0.25) is 0 Å². The van der Waals surface area contributed by atoms with Gasteiger partial charge in [-0.3, -0.25) is 0 Å². The molecule has 0 saturated carbocycles. The zero-order valence-corrected chi connectivity index (χ0v) is 8.32. The van der Waals surface area contributed by atoms with Gasteiger partial charge < -0.3 is 10.1 Å². The molecule has 76 valence electrons. The molecule has 1 N–H and O–H groups in total. The molecule has 1 fully saturated rings. The van der Waals surface area contributed by atoms with Crippen molar-refractivity contribution in [2.24, 2.45) is 5.41 Å². The van der Waals surface area contributed by atoms with Crippen LogP contribution in [0.4, 0.5) is 4.39 Å². The summed E-state index contributed by atoms with van der Waals surface area (Å²) in [6, 6.07) is 0. The fourth-order valence-corrected chi connectivity index (χ4v) is 1.52. The molecule has 13 heavy (non-hydrogen) atoms. The van der Waals surface area contributed by atoms with Crippen molar-refractivity contribution in [1.29, 1.82) is 0 Å². The van der Waals surface area contributed by atoms with Crippen molar-refractivity contribution >= 4 is 5.97 Å². The first kappa shape index (κ1) is 10.4. The summed E-state index contributed by atoms with van der Waals surface area (Å²) >= 11 is 0. The third-order valence-electron chi connectivity index (χ3n) is 2.61. The Hall–Kier alpha value is -0.640. The fourth-order valence-electron chi connectivity index (χ4n) is 1.52. The number of nitrogens with one attached hydrogen (secondary N) is 1. The van der Waals surface area contributed by atoms with E-state index < -0.39 is 17.1 Å². The Morgan fingerprint density at radius 3 is 2.54 bits per heavy atom. The van der Waals surface area contributed by atoms with Gasteiger partial charge in [0.05, 0.1) is 6.61 Å². The summed E-state index contributed by atoms with van der Waals surface area (Å²) in [6.45, 7) is 5.91. The zero-order valence-electron chi connectivity index (χ0n) is 8.32. The van der Waals surface area contributed by atoms with Crippen LogP contribution in [-0.2, 0) is 9.53 Å². The molecule has 1 atom stereocenters. The van der Waals surface area contributed by atoms with Crippen LogP contribution in [0.1, 0.15) is 20.8 Å². The van der Waals surface area contributed by atoms with Gasteiger partial charge in [-0.05, 0) is 6.92 Å². The Morgan fingerprint density at radius 2 is 2.15 bits per heavy atom. The number of rotatable bonds is 2. The van der Waals surface area contributed by atoms with Gasteiger partial charge in [-0.25, -0.2) is 9.18 Å². The molecule has 1 heterocycles. The molecule has 0 aromatic heterocycles. The van der Waals surface area contributed by atoms with Gasteiger partial charge >= 0.3 is 5.97 Å². The molecule has 0 aromatic rings. The van der Waals surface area contributed by atoms with Gasteiger partial charge in [-0.15, -0.1) is 0 Å². The maximum absolute atomic E-state index is 14.1. The maximum Gasteiger partial charge on any atom is 0.345 e. The van der Waals surface area contributed by atoms with Gasteiger partial charge in [-0.2, -0.15) is 0 Å². The number of hydrogen-bond acceptors (Lipinski definition) is 3. The van der Waals surface area contributed by atoms with Crippen LogP contribution in [0.3, 0.4) is 0 Å². The van der Waals surface area contributed by atoms with E-state index in [2.05, 4.69) is 5.32 Å². The van der Waals surface area contributed by atoms with Crippen LogP contribution in [0.5, 0.6) is 0 Å². The highest BCUT2D eigenvalue weighted by molar-refractivity contribution is 5.81. The smallest absolute Gasteiger partial charge is 0.345 e. The van der Waals surface area contributed by atoms with E-state index >= 15 is 0 Å². The van der Waals surface area contributed by atoms with Gasteiger partial charge in [0.2, 0.25) is 5.67 Å². The Bertz CT molecular complexity index is 218. The first-order valence-electron chi connectivity index (χ1n) is 4.51. The van der Waals surface area contributed by atoms with E-state index in [0.717, 1.165) is 0 Å². The molecule has 1 unspecified atom stereocenters. The molecular formula is C9H16FNO2. The molecule has 1 saturated heterocycles. The third-order valence-corrected chi connectivity index (χ3v) is 2.61. The van der Waals surface area contributed by atoms with Crippen molar-refractivity contribution in [3.8, 4) is 0 Å². The second kappa shape index (κ2) is 3.25. The number of carbonyl (C=O) groups excluding carboxylic acids is 1. The SMILES string of the molecule is CCOC(=O)C1(F)CNCC1(C)C. The van der Waals surface area contributed by atoms with Gasteiger partial charge in [0.1, 0.15) is 0 Å². The lowest BCUT2D eigenvalue weighted by molar-refractivity contribution is -0.162. The Balaban J connectivity index is 2.80. The molecule has 1 rings (SSSR count). The normalized spacial score (nSPS) is 31.7. The summed E-state index contributed by atoms with van der Waals surface area (Å²) in [4.78, 5) is 11.3. The predicted molar refractivity (Wildman–Crippen MR) is 47.1 cm³/mol. The quantitative estimate of drug-likeness (QED) is 0.655. The van der Waals surface area contributed by atoms with Crippen LogP contribution >= 0.6 is 0 Å². The molecule has 0 bridgehead atoms. The summed E-state index contributed by atoms with van der Waals surface area (Å²) in [7, 11) is 0.